The van der Waals surface area contributed by atoms with Crippen molar-refractivity contribution >= 4 is 5.97 Å². The number of ether oxygens (including phenoxy) is 2. The minimum atomic E-state index is -0.0784. The second-order valence-electron chi connectivity index (χ2n) is 4.13. The third-order valence-electron chi connectivity index (χ3n) is 2.54. The Bertz CT molecular complexity index is 171. The number of esters is 1. The van der Waals surface area contributed by atoms with Crippen LogP contribution in [0.3, 0.4) is 0 Å². The Morgan fingerprint density at radius 3 is 2.50 bits per heavy atom. The molecular weight excluding hydrogens is 180 g/mol. The molecular formula is C11H20O3. The van der Waals surface area contributed by atoms with E-state index in [2.05, 4.69) is 0 Å². The molecule has 3 heteroatoms. The van der Waals surface area contributed by atoms with Crippen LogP contribution in [0.2, 0.25) is 0 Å². The zero-order valence-electron chi connectivity index (χ0n) is 9.12. The fourth-order valence-electron chi connectivity index (χ4n) is 1.68. The van der Waals surface area contributed by atoms with Crippen LogP contribution in [-0.4, -0.2) is 18.9 Å². The third-order valence-corrected chi connectivity index (χ3v) is 2.54. The van der Waals surface area contributed by atoms with Crippen molar-refractivity contribution < 1.29 is 14.3 Å². The molecule has 1 aliphatic carbocycles. The molecule has 0 aromatic carbocycles. The van der Waals surface area contributed by atoms with Crippen molar-refractivity contribution in [2.75, 3.05) is 6.79 Å². The van der Waals surface area contributed by atoms with Crippen molar-refractivity contribution in [3.63, 3.8) is 0 Å². The minimum Gasteiger partial charge on any atom is -0.438 e. The van der Waals surface area contributed by atoms with Crippen LogP contribution in [-0.2, 0) is 14.3 Å². The van der Waals surface area contributed by atoms with Crippen LogP contribution in [0, 0.1) is 5.92 Å². The molecule has 0 amide bonds. The minimum absolute atomic E-state index is 0.0784. The summed E-state index contributed by atoms with van der Waals surface area (Å²) in [4.78, 5) is 11.5. The van der Waals surface area contributed by atoms with Gasteiger partial charge in [-0.05, 0) is 26.7 Å². The highest BCUT2D eigenvalue weighted by atomic mass is 16.7. The van der Waals surface area contributed by atoms with Gasteiger partial charge in [0.05, 0.1) is 12.0 Å². The van der Waals surface area contributed by atoms with Gasteiger partial charge in [-0.1, -0.05) is 19.3 Å². The van der Waals surface area contributed by atoms with Crippen molar-refractivity contribution in [3.8, 4) is 0 Å². The van der Waals surface area contributed by atoms with Crippen LogP contribution in [0.5, 0.6) is 0 Å². The van der Waals surface area contributed by atoms with E-state index in [1.54, 1.807) is 0 Å². The summed E-state index contributed by atoms with van der Waals surface area (Å²) in [5, 5.41) is 0. The molecule has 1 fully saturated rings. The van der Waals surface area contributed by atoms with Crippen molar-refractivity contribution in [1.82, 2.24) is 0 Å². The Morgan fingerprint density at radius 2 is 1.93 bits per heavy atom. The summed E-state index contributed by atoms with van der Waals surface area (Å²) in [5.41, 5.74) is 0. The van der Waals surface area contributed by atoms with Gasteiger partial charge in [-0.3, -0.25) is 4.79 Å². The summed E-state index contributed by atoms with van der Waals surface area (Å²) >= 11 is 0. The topological polar surface area (TPSA) is 35.5 Å². The van der Waals surface area contributed by atoms with Gasteiger partial charge >= 0.3 is 5.97 Å². The molecule has 1 aliphatic rings. The van der Waals surface area contributed by atoms with Crippen LogP contribution in [0.4, 0.5) is 0 Å². The summed E-state index contributed by atoms with van der Waals surface area (Å²) in [5.74, 6) is 0.0462. The van der Waals surface area contributed by atoms with E-state index in [1.807, 2.05) is 13.8 Å². The molecule has 0 atom stereocenters. The fourth-order valence-corrected chi connectivity index (χ4v) is 1.68. The summed E-state index contributed by atoms with van der Waals surface area (Å²) < 4.78 is 10.2. The van der Waals surface area contributed by atoms with E-state index in [9.17, 15) is 4.79 Å². The molecule has 1 saturated carbocycles. The summed E-state index contributed by atoms with van der Waals surface area (Å²) in [6.07, 6.45) is 5.66. The largest absolute Gasteiger partial charge is 0.438 e. The molecule has 0 radical (unpaired) electrons. The van der Waals surface area contributed by atoms with E-state index in [1.165, 1.54) is 6.42 Å². The van der Waals surface area contributed by atoms with Gasteiger partial charge in [-0.15, -0.1) is 0 Å². The molecule has 0 aromatic rings. The zero-order valence-corrected chi connectivity index (χ0v) is 9.12. The SMILES string of the molecule is CC(C)OCOC(=O)C1CCCCC1. The van der Waals surface area contributed by atoms with Crippen LogP contribution in [0.15, 0.2) is 0 Å². The normalized spacial score (nSPS) is 18.5. The molecule has 0 aliphatic heterocycles. The van der Waals surface area contributed by atoms with Crippen LogP contribution in [0.25, 0.3) is 0 Å². The maximum Gasteiger partial charge on any atom is 0.311 e. The molecule has 0 heterocycles. The summed E-state index contributed by atoms with van der Waals surface area (Å²) in [7, 11) is 0. The van der Waals surface area contributed by atoms with Crippen molar-refractivity contribution in [1.29, 1.82) is 0 Å². The Hall–Kier alpha value is -0.570. The smallest absolute Gasteiger partial charge is 0.311 e. The Morgan fingerprint density at radius 1 is 1.29 bits per heavy atom. The molecule has 14 heavy (non-hydrogen) atoms. The van der Waals surface area contributed by atoms with Gasteiger partial charge in [0, 0.05) is 0 Å². The lowest BCUT2D eigenvalue weighted by Gasteiger charge is -2.20. The first-order chi connectivity index (χ1) is 6.70. The van der Waals surface area contributed by atoms with Crippen LogP contribution >= 0.6 is 0 Å². The third kappa shape index (κ3) is 4.09. The van der Waals surface area contributed by atoms with E-state index in [-0.39, 0.29) is 24.8 Å². The lowest BCUT2D eigenvalue weighted by atomic mass is 9.89. The first-order valence-electron chi connectivity index (χ1n) is 5.48. The van der Waals surface area contributed by atoms with Gasteiger partial charge < -0.3 is 9.47 Å². The lowest BCUT2D eigenvalue weighted by molar-refractivity contribution is -0.165. The van der Waals surface area contributed by atoms with Gasteiger partial charge in [0.25, 0.3) is 0 Å². The first kappa shape index (κ1) is 11.5. The number of hydrogen-bond donors (Lipinski definition) is 0. The monoisotopic (exact) mass is 200 g/mol. The van der Waals surface area contributed by atoms with Crippen molar-refractivity contribution in [2.45, 2.75) is 52.1 Å². The maximum atomic E-state index is 11.5. The van der Waals surface area contributed by atoms with Gasteiger partial charge in [0.15, 0.2) is 6.79 Å². The molecule has 1 rings (SSSR count). The standard InChI is InChI=1S/C11H20O3/c1-9(2)13-8-14-11(12)10-6-4-3-5-7-10/h9-10H,3-8H2,1-2H3. The van der Waals surface area contributed by atoms with E-state index >= 15 is 0 Å². The maximum absolute atomic E-state index is 11.5. The summed E-state index contributed by atoms with van der Waals surface area (Å²) in [6, 6.07) is 0. The van der Waals surface area contributed by atoms with E-state index < -0.39 is 0 Å². The van der Waals surface area contributed by atoms with E-state index in [0.717, 1.165) is 25.7 Å². The van der Waals surface area contributed by atoms with Gasteiger partial charge in [0.2, 0.25) is 0 Å². The number of carbonyl (C=O) groups is 1. The van der Waals surface area contributed by atoms with Crippen LogP contribution in [0.1, 0.15) is 46.0 Å². The molecule has 0 unspecified atom stereocenters. The molecule has 82 valence electrons. The van der Waals surface area contributed by atoms with Gasteiger partial charge in [-0.2, -0.15) is 0 Å². The molecule has 0 aromatic heterocycles. The Labute approximate surface area is 85.8 Å². The molecule has 0 saturated heterocycles. The second kappa shape index (κ2) is 6.02. The molecule has 0 N–H and O–H groups in total. The number of hydrogen-bond acceptors (Lipinski definition) is 3. The van der Waals surface area contributed by atoms with Crippen LogP contribution < -0.4 is 0 Å². The predicted octanol–water partition coefficient (Wildman–Crippen LogP) is 2.49. The molecule has 3 nitrogen and oxygen atoms in total. The zero-order chi connectivity index (χ0) is 10.4. The van der Waals surface area contributed by atoms with E-state index in [4.69, 9.17) is 9.47 Å². The average molecular weight is 200 g/mol. The van der Waals surface area contributed by atoms with Gasteiger partial charge in [0.1, 0.15) is 0 Å². The predicted molar refractivity (Wildman–Crippen MR) is 53.8 cm³/mol. The number of carbonyl (C=O) groups excluding carboxylic acids is 1. The van der Waals surface area contributed by atoms with E-state index in [0.29, 0.717) is 0 Å². The molecule has 0 bridgehead atoms. The Balaban J connectivity index is 2.13. The highest BCUT2D eigenvalue weighted by molar-refractivity contribution is 5.72. The fraction of sp³-hybridized carbons (Fsp3) is 0.909. The number of rotatable bonds is 4. The van der Waals surface area contributed by atoms with Crippen molar-refractivity contribution in [2.24, 2.45) is 5.92 Å². The van der Waals surface area contributed by atoms with Crippen molar-refractivity contribution in [3.05, 3.63) is 0 Å². The Kier molecular flexibility index (Phi) is 4.94. The summed E-state index contributed by atoms with van der Waals surface area (Å²) in [6.45, 7) is 3.95. The second-order valence-corrected chi connectivity index (χ2v) is 4.13. The first-order valence-corrected chi connectivity index (χ1v) is 5.48. The quantitative estimate of drug-likeness (QED) is 0.516. The van der Waals surface area contributed by atoms with Gasteiger partial charge in [-0.25, -0.2) is 0 Å². The lowest BCUT2D eigenvalue weighted by Crippen LogP contribution is -2.22. The average Bonchev–Trinajstić information content (AvgIpc) is 2.18. The highest BCUT2D eigenvalue weighted by Gasteiger charge is 2.22. The molecule has 0 spiro atoms. The highest BCUT2D eigenvalue weighted by Crippen LogP contribution is 2.24.